The van der Waals surface area contributed by atoms with Crippen molar-refractivity contribution in [2.45, 2.75) is 33.1 Å². The fourth-order valence-corrected chi connectivity index (χ4v) is 4.05. The Morgan fingerprint density at radius 3 is 2.51 bits per heavy atom. The molecule has 0 saturated heterocycles. The quantitative estimate of drug-likeness (QED) is 0.301. The summed E-state index contributed by atoms with van der Waals surface area (Å²) >= 11 is 0. The Balaban J connectivity index is 1.52. The van der Waals surface area contributed by atoms with Crippen LogP contribution >= 0.6 is 0 Å². The number of allylic oxidation sites excluding steroid dienone is 1. The zero-order chi connectivity index (χ0) is 26.4. The highest BCUT2D eigenvalue weighted by Crippen LogP contribution is 2.44. The summed E-state index contributed by atoms with van der Waals surface area (Å²) < 4.78 is 22.7. The average molecular weight is 499 g/mol. The van der Waals surface area contributed by atoms with Gasteiger partial charge in [-0.05, 0) is 60.7 Å². The topological polar surface area (TPSA) is 104 Å². The fraction of sp³-hybridized carbons (Fsp3) is 0.267. The van der Waals surface area contributed by atoms with E-state index in [1.165, 1.54) is 0 Å². The van der Waals surface area contributed by atoms with Gasteiger partial charge in [-0.15, -0.1) is 0 Å². The van der Waals surface area contributed by atoms with E-state index >= 15 is 0 Å². The molecule has 1 heterocycles. The summed E-state index contributed by atoms with van der Waals surface area (Å²) in [5, 5.41) is 9.85. The van der Waals surface area contributed by atoms with E-state index in [1.54, 1.807) is 24.3 Å². The number of ether oxygens (including phenoxy) is 4. The third kappa shape index (κ3) is 6.42. The van der Waals surface area contributed by atoms with E-state index in [2.05, 4.69) is 19.9 Å². The molecule has 1 atom stereocenters. The van der Waals surface area contributed by atoms with E-state index in [9.17, 15) is 10.1 Å². The number of hydrogen-bond donors (Lipinski definition) is 1. The van der Waals surface area contributed by atoms with Gasteiger partial charge in [-0.1, -0.05) is 44.2 Å². The highest BCUT2D eigenvalue weighted by Gasteiger charge is 2.31. The Bertz CT molecular complexity index is 1360. The number of carbonyl (C=O) groups is 1. The van der Waals surface area contributed by atoms with Crippen LogP contribution in [0.25, 0.3) is 0 Å². The van der Waals surface area contributed by atoms with Crippen molar-refractivity contribution in [3.8, 4) is 29.1 Å². The van der Waals surface area contributed by atoms with Crippen LogP contribution < -0.4 is 24.7 Å². The molecule has 190 valence electrons. The van der Waals surface area contributed by atoms with Crippen molar-refractivity contribution >= 4 is 5.97 Å². The standard InChI is InChI=1S/C30H30N2O5/c1-19(2)12-13-34-23-9-5-7-21(15-23)29-25-11-10-24(16-27(25)37-30(32)26(29)17-31)36-28(33)18-35-22-8-4-6-20(3)14-22/h4-11,14-16,19,29H,12-13,18,32H2,1-3H3. The number of hydrogen-bond acceptors (Lipinski definition) is 7. The zero-order valence-corrected chi connectivity index (χ0v) is 21.2. The van der Waals surface area contributed by atoms with E-state index in [1.807, 2.05) is 49.4 Å². The van der Waals surface area contributed by atoms with Crippen molar-refractivity contribution in [1.29, 1.82) is 5.26 Å². The lowest BCUT2D eigenvalue weighted by atomic mass is 9.83. The monoisotopic (exact) mass is 498 g/mol. The molecule has 3 aromatic rings. The Morgan fingerprint density at radius 1 is 1.03 bits per heavy atom. The molecule has 1 aliphatic rings. The number of rotatable bonds is 9. The molecule has 0 radical (unpaired) electrons. The van der Waals surface area contributed by atoms with Crippen molar-refractivity contribution in [1.82, 2.24) is 0 Å². The van der Waals surface area contributed by atoms with E-state index in [0.29, 0.717) is 29.6 Å². The molecule has 1 aliphatic heterocycles. The van der Waals surface area contributed by atoms with Gasteiger partial charge >= 0.3 is 5.97 Å². The highest BCUT2D eigenvalue weighted by molar-refractivity contribution is 5.74. The lowest BCUT2D eigenvalue weighted by Crippen LogP contribution is -2.21. The molecule has 0 spiro atoms. The summed E-state index contributed by atoms with van der Waals surface area (Å²) in [7, 11) is 0. The first-order chi connectivity index (χ1) is 17.8. The number of esters is 1. The van der Waals surface area contributed by atoms with Crippen molar-refractivity contribution < 1.29 is 23.7 Å². The summed E-state index contributed by atoms with van der Waals surface area (Å²) in [6.07, 6.45) is 0.943. The first-order valence-corrected chi connectivity index (χ1v) is 12.2. The van der Waals surface area contributed by atoms with Crippen LogP contribution in [0.2, 0.25) is 0 Å². The molecule has 2 N–H and O–H groups in total. The maximum atomic E-state index is 12.4. The van der Waals surface area contributed by atoms with Gasteiger partial charge in [0.1, 0.15) is 34.6 Å². The molecule has 7 heteroatoms. The minimum absolute atomic E-state index is 0.0115. The Morgan fingerprint density at radius 2 is 1.78 bits per heavy atom. The molecule has 3 aromatic carbocycles. The molecular formula is C30H30N2O5. The van der Waals surface area contributed by atoms with Gasteiger partial charge in [-0.25, -0.2) is 4.79 Å². The largest absolute Gasteiger partial charge is 0.494 e. The summed E-state index contributed by atoms with van der Waals surface area (Å²) in [6.45, 7) is 6.60. The van der Waals surface area contributed by atoms with Gasteiger partial charge in [0.15, 0.2) is 6.61 Å². The predicted octanol–water partition coefficient (Wildman–Crippen LogP) is 5.62. The number of fused-ring (bicyclic) bond motifs is 1. The minimum Gasteiger partial charge on any atom is -0.494 e. The predicted molar refractivity (Wildman–Crippen MR) is 139 cm³/mol. The van der Waals surface area contributed by atoms with Crippen molar-refractivity contribution in [3.05, 3.63) is 94.9 Å². The highest BCUT2D eigenvalue weighted by atomic mass is 16.6. The molecule has 0 aromatic heterocycles. The van der Waals surface area contributed by atoms with Crippen LogP contribution in [0, 0.1) is 24.2 Å². The Hall–Kier alpha value is -4.44. The Kier molecular flexibility index (Phi) is 7.99. The molecule has 1 unspecified atom stereocenters. The van der Waals surface area contributed by atoms with E-state index in [4.69, 9.17) is 24.7 Å². The first-order valence-electron chi connectivity index (χ1n) is 12.2. The van der Waals surface area contributed by atoms with Crippen LogP contribution in [0.5, 0.6) is 23.0 Å². The van der Waals surface area contributed by atoms with Crippen molar-refractivity contribution in [2.75, 3.05) is 13.2 Å². The molecule has 0 amide bonds. The Labute approximate surface area is 217 Å². The second kappa shape index (κ2) is 11.5. The smallest absolute Gasteiger partial charge is 0.349 e. The first kappa shape index (κ1) is 25.6. The van der Waals surface area contributed by atoms with Gasteiger partial charge in [-0.2, -0.15) is 5.26 Å². The van der Waals surface area contributed by atoms with Gasteiger partial charge in [0, 0.05) is 11.6 Å². The molecule has 4 rings (SSSR count). The SMILES string of the molecule is Cc1cccc(OCC(=O)Oc2ccc3c(c2)OC(N)=C(C#N)C3c2cccc(OCCC(C)C)c2)c1. The van der Waals surface area contributed by atoms with Gasteiger partial charge < -0.3 is 24.7 Å². The second-order valence-electron chi connectivity index (χ2n) is 9.31. The van der Waals surface area contributed by atoms with Crippen LogP contribution in [0.15, 0.2) is 78.2 Å². The van der Waals surface area contributed by atoms with Crippen molar-refractivity contribution in [2.24, 2.45) is 11.7 Å². The normalized spacial score (nSPS) is 14.4. The number of nitrogens with two attached hydrogens (primary N) is 1. The van der Waals surface area contributed by atoms with Gasteiger partial charge in [0.2, 0.25) is 5.88 Å². The third-order valence-corrected chi connectivity index (χ3v) is 5.92. The maximum absolute atomic E-state index is 12.4. The summed E-state index contributed by atoms with van der Waals surface area (Å²) in [6, 6.07) is 22.3. The number of benzene rings is 3. The third-order valence-electron chi connectivity index (χ3n) is 5.92. The second-order valence-corrected chi connectivity index (χ2v) is 9.31. The number of nitriles is 1. The molecule has 0 saturated carbocycles. The summed E-state index contributed by atoms with van der Waals surface area (Å²) in [5.74, 6) is 1.56. The summed E-state index contributed by atoms with van der Waals surface area (Å²) in [4.78, 5) is 12.4. The molecule has 0 fully saturated rings. The molecule has 7 nitrogen and oxygen atoms in total. The van der Waals surface area contributed by atoms with E-state index < -0.39 is 11.9 Å². The van der Waals surface area contributed by atoms with Gasteiger partial charge in [0.05, 0.1) is 12.5 Å². The van der Waals surface area contributed by atoms with E-state index in [-0.39, 0.29) is 18.2 Å². The fourth-order valence-electron chi connectivity index (χ4n) is 4.05. The van der Waals surface area contributed by atoms with Crippen LogP contribution in [0.4, 0.5) is 0 Å². The van der Waals surface area contributed by atoms with Crippen molar-refractivity contribution in [3.63, 3.8) is 0 Å². The maximum Gasteiger partial charge on any atom is 0.349 e. The molecule has 0 bridgehead atoms. The van der Waals surface area contributed by atoms with Crippen LogP contribution in [-0.4, -0.2) is 19.2 Å². The summed E-state index contributed by atoms with van der Waals surface area (Å²) in [5.41, 5.74) is 9.06. The number of carbonyl (C=O) groups excluding carboxylic acids is 1. The molecular weight excluding hydrogens is 468 g/mol. The lowest BCUT2D eigenvalue weighted by Gasteiger charge is -2.27. The molecule has 37 heavy (non-hydrogen) atoms. The van der Waals surface area contributed by atoms with Crippen LogP contribution in [-0.2, 0) is 4.79 Å². The van der Waals surface area contributed by atoms with Crippen LogP contribution in [0.3, 0.4) is 0 Å². The minimum atomic E-state index is -0.554. The van der Waals surface area contributed by atoms with Crippen LogP contribution in [0.1, 0.15) is 42.9 Å². The zero-order valence-electron chi connectivity index (χ0n) is 21.2. The van der Waals surface area contributed by atoms with Gasteiger partial charge in [0.25, 0.3) is 0 Å². The van der Waals surface area contributed by atoms with E-state index in [0.717, 1.165) is 28.9 Å². The van der Waals surface area contributed by atoms with Gasteiger partial charge in [-0.3, -0.25) is 0 Å². The molecule has 0 aliphatic carbocycles. The lowest BCUT2D eigenvalue weighted by molar-refractivity contribution is -0.136. The average Bonchev–Trinajstić information content (AvgIpc) is 2.86. The number of aryl methyl sites for hydroxylation is 1. The number of nitrogens with zero attached hydrogens (tertiary/aromatic N) is 1.